The van der Waals surface area contributed by atoms with E-state index in [4.69, 9.17) is 17.3 Å². The average Bonchev–Trinajstić information content (AvgIpc) is 2.49. The van der Waals surface area contributed by atoms with Crippen LogP contribution in [0.3, 0.4) is 0 Å². The summed E-state index contributed by atoms with van der Waals surface area (Å²) in [5, 5.41) is 11.3. The van der Waals surface area contributed by atoms with Crippen LogP contribution in [0, 0.1) is 16.0 Å². The highest BCUT2D eigenvalue weighted by atomic mass is 35.5. The molecule has 1 aliphatic rings. The number of nitrogens with zero attached hydrogens (tertiary/aromatic N) is 1. The highest BCUT2D eigenvalue weighted by Crippen LogP contribution is 2.35. The Kier molecular flexibility index (Phi) is 7.01. The maximum absolute atomic E-state index is 12.8. The fourth-order valence-corrected chi connectivity index (χ4v) is 5.06. The molecular weight excluding hydrogens is 377 g/mol. The monoisotopic (exact) mass is 397 g/mol. The smallest absolute Gasteiger partial charge is 0.289 e. The molecule has 0 amide bonds. The summed E-state index contributed by atoms with van der Waals surface area (Å²) in [7, 11) is -4.12. The van der Waals surface area contributed by atoms with E-state index in [1.54, 1.807) is 0 Å². The van der Waals surface area contributed by atoms with E-state index in [1.807, 2.05) is 6.92 Å². The average molecular weight is 398 g/mol. The number of sulfonamides is 1. The van der Waals surface area contributed by atoms with Crippen molar-refractivity contribution in [2.45, 2.75) is 43.0 Å². The van der Waals surface area contributed by atoms with Crippen molar-refractivity contribution in [2.24, 2.45) is 11.7 Å². The molecule has 24 heavy (non-hydrogen) atoms. The Balaban J connectivity index is 0.00000288. The maximum Gasteiger partial charge on any atom is 0.289 e. The van der Waals surface area contributed by atoms with Crippen LogP contribution < -0.4 is 10.5 Å². The number of hydrogen-bond acceptors (Lipinski definition) is 5. The van der Waals surface area contributed by atoms with Crippen molar-refractivity contribution in [1.82, 2.24) is 4.72 Å². The molecule has 2 unspecified atom stereocenters. The third-order valence-corrected chi connectivity index (χ3v) is 6.38. The van der Waals surface area contributed by atoms with Gasteiger partial charge in [0.2, 0.25) is 10.0 Å². The van der Waals surface area contributed by atoms with E-state index in [9.17, 15) is 18.5 Å². The summed E-state index contributed by atoms with van der Waals surface area (Å²) in [5.41, 5.74) is 4.57. The Morgan fingerprint density at radius 3 is 2.67 bits per heavy atom. The Morgan fingerprint density at radius 2 is 2.12 bits per heavy atom. The van der Waals surface area contributed by atoms with Crippen LogP contribution in [0.1, 0.15) is 32.6 Å². The molecule has 2 rings (SSSR count). The second kappa shape index (κ2) is 7.97. The lowest BCUT2D eigenvalue weighted by molar-refractivity contribution is -0.387. The number of nitrogens with one attached hydrogen (secondary N) is 1. The van der Waals surface area contributed by atoms with E-state index < -0.39 is 31.1 Å². The van der Waals surface area contributed by atoms with Gasteiger partial charge in [0, 0.05) is 23.2 Å². The van der Waals surface area contributed by atoms with E-state index in [1.165, 1.54) is 6.07 Å². The number of halogens is 2. The second-order valence-electron chi connectivity index (χ2n) is 5.98. The highest BCUT2D eigenvalue weighted by molar-refractivity contribution is 7.89. The molecule has 1 fully saturated rings. The molecule has 1 saturated carbocycles. The number of nitro benzene ring substituents is 1. The topological polar surface area (TPSA) is 115 Å². The quantitative estimate of drug-likeness (QED) is 0.585. The van der Waals surface area contributed by atoms with Gasteiger partial charge >= 0.3 is 0 Å². The van der Waals surface area contributed by atoms with Gasteiger partial charge in [-0.2, -0.15) is 0 Å². The molecule has 1 aromatic rings. The van der Waals surface area contributed by atoms with Crippen LogP contribution in [0.15, 0.2) is 23.1 Å². The molecule has 1 aromatic carbocycles. The van der Waals surface area contributed by atoms with Crippen molar-refractivity contribution in [2.75, 3.05) is 6.54 Å². The standard InChI is InChI=1S/C14H20ClN3O4S.ClH/c1-10-4-2-3-7-14(10,9-16)17-23(21,22)13-8-11(15)5-6-12(13)18(19)20;/h5-6,8,10,17H,2-4,7,9,16H2,1H3;1H. The summed E-state index contributed by atoms with van der Waals surface area (Å²) in [6.07, 6.45) is 3.35. The lowest BCUT2D eigenvalue weighted by atomic mass is 9.74. The van der Waals surface area contributed by atoms with Crippen molar-refractivity contribution >= 4 is 39.7 Å². The van der Waals surface area contributed by atoms with Gasteiger partial charge < -0.3 is 5.73 Å². The van der Waals surface area contributed by atoms with Crippen molar-refractivity contribution < 1.29 is 13.3 Å². The molecule has 2 atom stereocenters. The summed E-state index contributed by atoms with van der Waals surface area (Å²) < 4.78 is 28.1. The van der Waals surface area contributed by atoms with Crippen molar-refractivity contribution in [1.29, 1.82) is 0 Å². The van der Waals surface area contributed by atoms with Crippen LogP contribution >= 0.6 is 24.0 Å². The summed E-state index contributed by atoms with van der Waals surface area (Å²) in [6.45, 7) is 2.09. The van der Waals surface area contributed by atoms with Crippen LogP contribution in [0.5, 0.6) is 0 Å². The molecule has 0 bridgehead atoms. The first-order chi connectivity index (χ1) is 10.7. The van der Waals surface area contributed by atoms with Gasteiger partial charge in [-0.1, -0.05) is 31.4 Å². The molecule has 7 nitrogen and oxygen atoms in total. The summed E-state index contributed by atoms with van der Waals surface area (Å²) >= 11 is 5.83. The predicted octanol–water partition coefficient (Wildman–Crippen LogP) is 2.86. The van der Waals surface area contributed by atoms with Crippen molar-refractivity contribution in [3.8, 4) is 0 Å². The van der Waals surface area contributed by atoms with Crippen molar-refractivity contribution in [3.05, 3.63) is 33.3 Å². The zero-order chi connectivity index (χ0) is 17.3. The van der Waals surface area contributed by atoms with Crippen LogP contribution in [0.4, 0.5) is 5.69 Å². The fraction of sp³-hybridized carbons (Fsp3) is 0.571. The number of nitrogens with two attached hydrogens (primary N) is 1. The van der Waals surface area contributed by atoms with E-state index in [2.05, 4.69) is 4.72 Å². The lowest BCUT2D eigenvalue weighted by Gasteiger charge is -2.42. The maximum atomic E-state index is 12.8. The Labute approximate surface area is 152 Å². The molecular formula is C14H21Cl2N3O4S. The van der Waals surface area contributed by atoms with Gasteiger partial charge in [0.15, 0.2) is 4.90 Å². The fourth-order valence-electron chi connectivity index (χ4n) is 3.09. The number of nitro groups is 1. The van der Waals surface area contributed by atoms with Gasteiger partial charge in [-0.3, -0.25) is 10.1 Å². The van der Waals surface area contributed by atoms with Crippen LogP contribution in [-0.2, 0) is 10.0 Å². The largest absolute Gasteiger partial charge is 0.329 e. The van der Waals surface area contributed by atoms with Gasteiger partial charge in [0.05, 0.1) is 4.92 Å². The predicted molar refractivity (Wildman–Crippen MR) is 95.1 cm³/mol. The molecule has 0 aromatic heterocycles. The zero-order valence-electron chi connectivity index (χ0n) is 13.2. The third kappa shape index (κ3) is 4.18. The Bertz CT molecular complexity index is 714. The minimum Gasteiger partial charge on any atom is -0.329 e. The normalized spacial score (nSPS) is 24.2. The van der Waals surface area contributed by atoms with Gasteiger partial charge in [-0.25, -0.2) is 13.1 Å². The molecule has 1 aliphatic carbocycles. The minimum atomic E-state index is -4.12. The van der Waals surface area contributed by atoms with Crippen LogP contribution in [0.25, 0.3) is 0 Å². The number of hydrogen-bond donors (Lipinski definition) is 2. The first-order valence-electron chi connectivity index (χ1n) is 7.40. The second-order valence-corrected chi connectivity index (χ2v) is 8.07. The first-order valence-corrected chi connectivity index (χ1v) is 9.26. The molecule has 10 heteroatoms. The molecule has 0 heterocycles. The van der Waals surface area contributed by atoms with Crippen LogP contribution in [-0.4, -0.2) is 25.4 Å². The SMILES string of the molecule is CC1CCCCC1(CN)NS(=O)(=O)c1cc(Cl)ccc1[N+](=O)[O-].Cl. The third-order valence-electron chi connectivity index (χ3n) is 4.56. The molecule has 3 N–H and O–H groups in total. The minimum absolute atomic E-state index is 0. The number of benzene rings is 1. The van der Waals surface area contributed by atoms with E-state index in [0.29, 0.717) is 6.42 Å². The molecule has 0 spiro atoms. The van der Waals surface area contributed by atoms with Gasteiger partial charge in [-0.15, -0.1) is 12.4 Å². The molecule has 0 saturated heterocycles. The van der Waals surface area contributed by atoms with Gasteiger partial charge in [0.25, 0.3) is 5.69 Å². The summed E-state index contributed by atoms with van der Waals surface area (Å²) in [6, 6.07) is 3.48. The molecule has 136 valence electrons. The Hall–Kier alpha value is -0.930. The van der Waals surface area contributed by atoms with Crippen molar-refractivity contribution in [3.63, 3.8) is 0 Å². The van der Waals surface area contributed by atoms with Gasteiger partial charge in [0.1, 0.15) is 0 Å². The summed E-state index contributed by atoms with van der Waals surface area (Å²) in [5.74, 6) is 0.0502. The van der Waals surface area contributed by atoms with E-state index >= 15 is 0 Å². The first kappa shape index (κ1) is 21.1. The Morgan fingerprint density at radius 1 is 1.46 bits per heavy atom. The highest BCUT2D eigenvalue weighted by Gasteiger charge is 2.42. The zero-order valence-corrected chi connectivity index (χ0v) is 15.6. The van der Waals surface area contributed by atoms with E-state index in [-0.39, 0.29) is 29.9 Å². The molecule has 0 aliphatic heterocycles. The van der Waals surface area contributed by atoms with Crippen LogP contribution in [0.2, 0.25) is 5.02 Å². The number of rotatable bonds is 5. The lowest BCUT2D eigenvalue weighted by Crippen LogP contribution is -2.59. The summed E-state index contributed by atoms with van der Waals surface area (Å²) in [4.78, 5) is 9.97. The molecule has 0 radical (unpaired) electrons. The van der Waals surface area contributed by atoms with E-state index in [0.717, 1.165) is 31.4 Å². The van der Waals surface area contributed by atoms with Gasteiger partial charge in [-0.05, 0) is 30.9 Å².